The summed E-state index contributed by atoms with van der Waals surface area (Å²) in [5.74, 6) is 0.726. The molecule has 1 fully saturated rings. The Labute approximate surface area is 234 Å². The number of amides is 1. The van der Waals surface area contributed by atoms with Crippen LogP contribution in [0.15, 0.2) is 71.3 Å². The third-order valence-corrected chi connectivity index (χ3v) is 6.94. The number of aliphatic hydroxyl groups is 1. The molecule has 2 aromatic carbocycles. The largest absolute Gasteiger partial charge is 0.494 e. The highest BCUT2D eigenvalue weighted by Crippen LogP contribution is 2.44. The molecule has 0 aliphatic carbocycles. The first-order chi connectivity index (χ1) is 19.6. The lowest BCUT2D eigenvalue weighted by Gasteiger charge is -2.31. The number of azide groups is 1. The van der Waals surface area contributed by atoms with E-state index in [9.17, 15) is 4.79 Å². The molecule has 2 aliphatic rings. The first-order valence-corrected chi connectivity index (χ1v) is 13.5. The van der Waals surface area contributed by atoms with Crippen LogP contribution in [0.4, 0.5) is 0 Å². The Kier molecular flexibility index (Phi) is 10.5. The normalized spacial score (nSPS) is 20.6. The van der Waals surface area contributed by atoms with E-state index in [4.69, 9.17) is 29.8 Å². The van der Waals surface area contributed by atoms with Gasteiger partial charge in [-0.2, -0.15) is 0 Å². The molecular formula is C29H36N6O5. The first kappa shape index (κ1) is 29.1. The molecule has 4 rings (SSSR count). The van der Waals surface area contributed by atoms with E-state index < -0.39 is 11.6 Å². The minimum Gasteiger partial charge on any atom is -0.494 e. The van der Waals surface area contributed by atoms with Crippen LogP contribution in [0, 0.1) is 0 Å². The number of nitrogens with one attached hydrogen (secondary N) is 1. The average molecular weight is 549 g/mol. The summed E-state index contributed by atoms with van der Waals surface area (Å²) in [6.07, 6.45) is 1.69. The van der Waals surface area contributed by atoms with Crippen LogP contribution in [-0.4, -0.2) is 80.0 Å². The van der Waals surface area contributed by atoms with Crippen molar-refractivity contribution in [1.82, 2.24) is 10.2 Å². The molecule has 1 saturated heterocycles. The third-order valence-electron chi connectivity index (χ3n) is 6.94. The Balaban J connectivity index is 1.65. The van der Waals surface area contributed by atoms with Crippen molar-refractivity contribution in [3.05, 3.63) is 88.3 Å². The number of carbonyl (C=O) groups excluding carboxylic acids is 1. The highest BCUT2D eigenvalue weighted by molar-refractivity contribution is 6.01. The fourth-order valence-corrected chi connectivity index (χ4v) is 4.86. The van der Waals surface area contributed by atoms with E-state index in [-0.39, 0.29) is 25.5 Å². The van der Waals surface area contributed by atoms with Gasteiger partial charge in [-0.1, -0.05) is 35.5 Å². The van der Waals surface area contributed by atoms with Gasteiger partial charge in [0.1, 0.15) is 5.75 Å². The summed E-state index contributed by atoms with van der Waals surface area (Å²) in [5, 5.41) is 15.8. The second-order valence-corrected chi connectivity index (χ2v) is 9.58. The fraction of sp³-hybridized carbons (Fsp3) is 0.448. The summed E-state index contributed by atoms with van der Waals surface area (Å²) in [6, 6.07) is 14.7. The SMILES string of the molecule is C=CC[C@@]1(C(=O)NCCN2CCOCC2)N=C(c2ccc(OCCCO)cc2)O[C@@H]1c1ccccc1CN=[N+]=[N-]. The number of ether oxygens (including phenoxy) is 3. The number of benzene rings is 2. The lowest BCUT2D eigenvalue weighted by atomic mass is 9.82. The van der Waals surface area contributed by atoms with Crippen molar-refractivity contribution in [2.24, 2.45) is 10.1 Å². The van der Waals surface area contributed by atoms with Crippen molar-refractivity contribution in [3.8, 4) is 5.75 Å². The fourth-order valence-electron chi connectivity index (χ4n) is 4.86. The van der Waals surface area contributed by atoms with Crippen LogP contribution in [0.5, 0.6) is 5.75 Å². The van der Waals surface area contributed by atoms with Gasteiger partial charge in [0.05, 0.1) is 26.4 Å². The van der Waals surface area contributed by atoms with E-state index in [1.807, 2.05) is 36.4 Å². The molecule has 0 radical (unpaired) electrons. The zero-order valence-corrected chi connectivity index (χ0v) is 22.6. The molecule has 40 heavy (non-hydrogen) atoms. The third kappa shape index (κ3) is 7.00. The van der Waals surface area contributed by atoms with Crippen LogP contribution in [0.25, 0.3) is 10.4 Å². The van der Waals surface area contributed by atoms with Crippen LogP contribution in [0.2, 0.25) is 0 Å². The van der Waals surface area contributed by atoms with Crippen molar-refractivity contribution in [3.63, 3.8) is 0 Å². The van der Waals surface area contributed by atoms with E-state index in [1.165, 1.54) is 0 Å². The summed E-state index contributed by atoms with van der Waals surface area (Å²) in [4.78, 5) is 24.1. The number of carbonyl (C=O) groups is 1. The molecule has 2 aromatic rings. The predicted octanol–water partition coefficient (Wildman–Crippen LogP) is 3.54. The molecule has 0 spiro atoms. The maximum Gasteiger partial charge on any atom is 0.252 e. The lowest BCUT2D eigenvalue weighted by molar-refractivity contribution is -0.128. The minimum absolute atomic E-state index is 0.0607. The number of aliphatic hydroxyl groups excluding tert-OH is 1. The van der Waals surface area contributed by atoms with Crippen LogP contribution in [-0.2, 0) is 20.8 Å². The zero-order valence-electron chi connectivity index (χ0n) is 22.6. The maximum atomic E-state index is 14.0. The molecule has 1 amide bonds. The second kappa shape index (κ2) is 14.5. The first-order valence-electron chi connectivity index (χ1n) is 13.5. The van der Waals surface area contributed by atoms with Gasteiger partial charge in [0, 0.05) is 56.1 Å². The topological polar surface area (TPSA) is 141 Å². The molecule has 11 heteroatoms. The van der Waals surface area contributed by atoms with Gasteiger partial charge in [0.25, 0.3) is 5.91 Å². The summed E-state index contributed by atoms with van der Waals surface area (Å²) in [6.45, 7) is 8.69. The molecular weight excluding hydrogens is 512 g/mol. The van der Waals surface area contributed by atoms with Gasteiger partial charge >= 0.3 is 0 Å². The van der Waals surface area contributed by atoms with Gasteiger partial charge in [-0.05, 0) is 40.9 Å². The molecule has 0 bridgehead atoms. The summed E-state index contributed by atoms with van der Waals surface area (Å²) < 4.78 is 17.6. The molecule has 2 aliphatic heterocycles. The molecule has 2 N–H and O–H groups in total. The Bertz CT molecular complexity index is 1220. The molecule has 212 valence electrons. The van der Waals surface area contributed by atoms with Crippen molar-refractivity contribution in [1.29, 1.82) is 0 Å². The summed E-state index contributed by atoms with van der Waals surface area (Å²) in [5.41, 5.74) is 9.79. The molecule has 0 saturated carbocycles. The number of hydrogen-bond acceptors (Lipinski definition) is 8. The van der Waals surface area contributed by atoms with E-state index in [2.05, 4.69) is 26.8 Å². The van der Waals surface area contributed by atoms with Crippen molar-refractivity contribution in [2.75, 3.05) is 52.6 Å². The van der Waals surface area contributed by atoms with Crippen LogP contribution < -0.4 is 10.1 Å². The van der Waals surface area contributed by atoms with Gasteiger partial charge in [0.2, 0.25) is 5.90 Å². The van der Waals surface area contributed by atoms with Gasteiger partial charge in [0.15, 0.2) is 11.6 Å². The number of aliphatic imine (C=N–C) groups is 1. The molecule has 0 unspecified atom stereocenters. The average Bonchev–Trinajstić information content (AvgIpc) is 3.38. The Morgan fingerprint density at radius 3 is 2.77 bits per heavy atom. The Hall–Kier alpha value is -3.89. The number of hydrogen-bond donors (Lipinski definition) is 2. The number of morpholine rings is 1. The van der Waals surface area contributed by atoms with Gasteiger partial charge in [-0.3, -0.25) is 9.69 Å². The molecule has 2 heterocycles. The van der Waals surface area contributed by atoms with E-state index in [0.717, 1.165) is 24.2 Å². The minimum atomic E-state index is -1.31. The standard InChI is InChI=1S/C29H36N6O5/c1-2-12-29(28(37)31-13-14-35-15-19-38-20-16-35)26(25-7-4-3-6-23(25)21-32-34-30)40-27(33-29)22-8-10-24(11-9-22)39-18-5-17-36/h2-4,6-11,26,36H,1,5,12-21H2,(H,31,37)/t26-,29-/m1/s1. The van der Waals surface area contributed by atoms with Crippen molar-refractivity contribution in [2.45, 2.75) is 31.0 Å². The van der Waals surface area contributed by atoms with Crippen LogP contribution >= 0.6 is 0 Å². The summed E-state index contributed by atoms with van der Waals surface area (Å²) in [7, 11) is 0. The summed E-state index contributed by atoms with van der Waals surface area (Å²) >= 11 is 0. The molecule has 2 atom stereocenters. The van der Waals surface area contributed by atoms with Crippen LogP contribution in [0.3, 0.4) is 0 Å². The van der Waals surface area contributed by atoms with Gasteiger partial charge in [-0.15, -0.1) is 6.58 Å². The van der Waals surface area contributed by atoms with E-state index in [0.29, 0.717) is 56.5 Å². The lowest BCUT2D eigenvalue weighted by Crippen LogP contribution is -2.50. The molecule has 11 nitrogen and oxygen atoms in total. The van der Waals surface area contributed by atoms with E-state index >= 15 is 0 Å². The van der Waals surface area contributed by atoms with Crippen LogP contribution in [0.1, 0.15) is 35.6 Å². The quantitative estimate of drug-likeness (QED) is 0.122. The van der Waals surface area contributed by atoms with Crippen molar-refractivity contribution >= 4 is 11.8 Å². The number of rotatable bonds is 14. The maximum absolute atomic E-state index is 14.0. The smallest absolute Gasteiger partial charge is 0.252 e. The van der Waals surface area contributed by atoms with Gasteiger partial charge in [-0.25, -0.2) is 4.99 Å². The monoisotopic (exact) mass is 548 g/mol. The Morgan fingerprint density at radius 1 is 1.27 bits per heavy atom. The number of nitrogens with zero attached hydrogens (tertiary/aromatic N) is 5. The van der Waals surface area contributed by atoms with E-state index in [1.54, 1.807) is 18.2 Å². The van der Waals surface area contributed by atoms with Gasteiger partial charge < -0.3 is 24.6 Å². The Morgan fingerprint density at radius 2 is 2.05 bits per heavy atom. The second-order valence-electron chi connectivity index (χ2n) is 9.58. The highest BCUT2D eigenvalue weighted by Gasteiger charge is 2.52. The van der Waals surface area contributed by atoms with Crippen molar-refractivity contribution < 1.29 is 24.1 Å². The zero-order chi connectivity index (χ0) is 28.2. The molecule has 0 aromatic heterocycles. The highest BCUT2D eigenvalue weighted by atomic mass is 16.5. The predicted molar refractivity (Wildman–Crippen MR) is 151 cm³/mol.